The molecule has 1 aliphatic heterocycles. The summed E-state index contributed by atoms with van der Waals surface area (Å²) in [6.07, 6.45) is 11.0. The zero-order valence-corrected chi connectivity index (χ0v) is 19.9. The number of aryl methyl sites for hydroxylation is 2. The number of rotatable bonds is 13. The lowest BCUT2D eigenvalue weighted by Crippen LogP contribution is -2.32. The number of methoxy groups -OCH3 is 1. The SMILES string of the molecule is COC(=O)c1ccc(CCC[C@H]2CCC(=O)N2c2ccc(CCCCCCCO)cc2)s1. The van der Waals surface area contributed by atoms with Gasteiger partial charge in [0.15, 0.2) is 0 Å². The highest BCUT2D eigenvalue weighted by Crippen LogP contribution is 2.30. The molecule has 6 heteroatoms. The maximum absolute atomic E-state index is 12.6. The fourth-order valence-electron chi connectivity index (χ4n) is 4.40. The van der Waals surface area contributed by atoms with Crippen molar-refractivity contribution in [3.8, 4) is 0 Å². The normalized spacial score (nSPS) is 16.0. The number of aliphatic hydroxyl groups excluding tert-OH is 1. The molecule has 2 aromatic rings. The monoisotopic (exact) mass is 457 g/mol. The summed E-state index contributed by atoms with van der Waals surface area (Å²) in [7, 11) is 1.40. The van der Waals surface area contributed by atoms with Crippen LogP contribution in [0.3, 0.4) is 0 Å². The Hall–Kier alpha value is -2.18. The Morgan fingerprint density at radius 1 is 1.03 bits per heavy atom. The predicted molar refractivity (Wildman–Crippen MR) is 129 cm³/mol. The summed E-state index contributed by atoms with van der Waals surface area (Å²) in [5.74, 6) is -0.0605. The van der Waals surface area contributed by atoms with E-state index in [1.165, 1.54) is 41.7 Å². The predicted octanol–water partition coefficient (Wildman–Crippen LogP) is 5.54. The fourth-order valence-corrected chi connectivity index (χ4v) is 5.37. The quantitative estimate of drug-likeness (QED) is 0.317. The lowest BCUT2D eigenvalue weighted by Gasteiger charge is -2.25. The summed E-state index contributed by atoms with van der Waals surface area (Å²) in [6, 6.07) is 12.6. The minimum atomic E-state index is -0.279. The minimum absolute atomic E-state index is 0.218. The molecule has 0 spiro atoms. The number of ether oxygens (including phenoxy) is 1. The molecule has 1 fully saturated rings. The number of anilines is 1. The molecular weight excluding hydrogens is 422 g/mol. The van der Waals surface area contributed by atoms with Crippen LogP contribution >= 0.6 is 11.3 Å². The molecule has 174 valence electrons. The molecule has 1 aromatic carbocycles. The topological polar surface area (TPSA) is 66.8 Å². The highest BCUT2D eigenvalue weighted by molar-refractivity contribution is 7.13. The van der Waals surface area contributed by atoms with Gasteiger partial charge in [-0.1, -0.05) is 31.4 Å². The van der Waals surface area contributed by atoms with Crippen molar-refractivity contribution in [2.45, 2.75) is 76.7 Å². The molecule has 32 heavy (non-hydrogen) atoms. The van der Waals surface area contributed by atoms with E-state index in [1.54, 1.807) is 0 Å². The number of hydrogen-bond donors (Lipinski definition) is 1. The number of carbonyl (C=O) groups is 2. The van der Waals surface area contributed by atoms with Gasteiger partial charge in [0.25, 0.3) is 0 Å². The van der Waals surface area contributed by atoms with Crippen LogP contribution in [0, 0.1) is 0 Å². The van der Waals surface area contributed by atoms with Gasteiger partial charge < -0.3 is 14.7 Å². The highest BCUT2D eigenvalue weighted by Gasteiger charge is 2.31. The Morgan fingerprint density at radius 3 is 2.53 bits per heavy atom. The summed E-state index contributed by atoms with van der Waals surface area (Å²) >= 11 is 1.49. The first-order valence-electron chi connectivity index (χ1n) is 11.8. The number of aliphatic hydroxyl groups is 1. The first kappa shape index (κ1) is 24.5. The van der Waals surface area contributed by atoms with Crippen molar-refractivity contribution in [2.75, 3.05) is 18.6 Å². The second kappa shape index (κ2) is 12.8. The van der Waals surface area contributed by atoms with Crippen molar-refractivity contribution in [3.05, 3.63) is 51.7 Å². The average molecular weight is 458 g/mol. The minimum Gasteiger partial charge on any atom is -0.465 e. The van der Waals surface area contributed by atoms with Gasteiger partial charge in [0, 0.05) is 29.6 Å². The summed E-state index contributed by atoms with van der Waals surface area (Å²) < 4.78 is 4.78. The zero-order chi connectivity index (χ0) is 22.8. The Kier molecular flexibility index (Phi) is 9.75. The molecule has 3 rings (SSSR count). The summed E-state index contributed by atoms with van der Waals surface area (Å²) in [5.41, 5.74) is 2.33. The molecule has 0 unspecified atom stereocenters. The molecule has 0 radical (unpaired) electrons. The van der Waals surface area contributed by atoms with Crippen molar-refractivity contribution in [2.24, 2.45) is 0 Å². The van der Waals surface area contributed by atoms with Gasteiger partial charge in [0.05, 0.1) is 7.11 Å². The maximum atomic E-state index is 12.6. The van der Waals surface area contributed by atoms with Crippen LogP contribution < -0.4 is 4.90 Å². The summed E-state index contributed by atoms with van der Waals surface area (Å²) in [6.45, 7) is 0.294. The van der Waals surface area contributed by atoms with Crippen LogP contribution in [0.15, 0.2) is 36.4 Å². The Balaban J connectivity index is 1.47. The second-order valence-corrected chi connectivity index (χ2v) is 9.68. The van der Waals surface area contributed by atoms with Crippen molar-refractivity contribution < 1.29 is 19.4 Å². The molecular formula is C26H35NO4S. The fraction of sp³-hybridized carbons (Fsp3) is 0.538. The molecule has 0 bridgehead atoms. The number of unbranched alkanes of at least 4 members (excludes halogenated alkanes) is 4. The van der Waals surface area contributed by atoms with E-state index in [4.69, 9.17) is 9.84 Å². The van der Waals surface area contributed by atoms with E-state index >= 15 is 0 Å². The van der Waals surface area contributed by atoms with Gasteiger partial charge >= 0.3 is 5.97 Å². The molecule has 1 N–H and O–H groups in total. The Morgan fingerprint density at radius 2 is 1.78 bits per heavy atom. The standard InChI is InChI=1S/C26H35NO4S/c1-31-26(30)24-17-16-23(32-24)10-7-9-21-15-18-25(29)27(21)22-13-11-20(12-14-22)8-5-3-2-4-6-19-28/h11-14,16-17,21,28H,2-10,15,18-19H2,1H3/t21-/m0/s1. The average Bonchev–Trinajstić information content (AvgIpc) is 3.43. The van der Waals surface area contributed by atoms with Crippen molar-refractivity contribution in [1.82, 2.24) is 0 Å². The Bertz CT molecular complexity index is 861. The summed E-state index contributed by atoms with van der Waals surface area (Å²) in [4.78, 5) is 28.0. The van der Waals surface area contributed by atoms with E-state index in [-0.39, 0.29) is 17.9 Å². The van der Waals surface area contributed by atoms with Crippen LogP contribution in [0.5, 0.6) is 0 Å². The number of hydrogen-bond acceptors (Lipinski definition) is 5. The zero-order valence-electron chi connectivity index (χ0n) is 19.1. The van der Waals surface area contributed by atoms with E-state index in [2.05, 4.69) is 24.3 Å². The largest absolute Gasteiger partial charge is 0.465 e. The lowest BCUT2D eigenvalue weighted by molar-refractivity contribution is -0.117. The van der Waals surface area contributed by atoms with Gasteiger partial charge in [0.2, 0.25) is 5.91 Å². The molecule has 0 saturated carbocycles. The molecule has 1 aliphatic rings. The van der Waals surface area contributed by atoms with Crippen LogP contribution in [-0.4, -0.2) is 36.7 Å². The third-order valence-electron chi connectivity index (χ3n) is 6.17. The summed E-state index contributed by atoms with van der Waals surface area (Å²) in [5, 5.41) is 8.84. The smallest absolute Gasteiger partial charge is 0.348 e. The van der Waals surface area contributed by atoms with Gasteiger partial charge in [0.1, 0.15) is 4.88 Å². The van der Waals surface area contributed by atoms with Gasteiger partial charge in [-0.3, -0.25) is 4.79 Å². The molecule has 2 heterocycles. The number of carbonyl (C=O) groups excluding carboxylic acids is 2. The number of nitrogens with zero attached hydrogens (tertiary/aromatic N) is 1. The maximum Gasteiger partial charge on any atom is 0.348 e. The van der Waals surface area contributed by atoms with Crippen molar-refractivity contribution in [3.63, 3.8) is 0 Å². The van der Waals surface area contributed by atoms with Crippen LogP contribution in [0.4, 0.5) is 5.69 Å². The van der Waals surface area contributed by atoms with E-state index in [0.717, 1.165) is 57.1 Å². The first-order chi connectivity index (χ1) is 15.6. The van der Waals surface area contributed by atoms with Crippen LogP contribution in [-0.2, 0) is 22.4 Å². The van der Waals surface area contributed by atoms with Crippen LogP contribution in [0.2, 0.25) is 0 Å². The van der Waals surface area contributed by atoms with Crippen molar-refractivity contribution >= 4 is 28.9 Å². The van der Waals surface area contributed by atoms with Gasteiger partial charge in [-0.15, -0.1) is 11.3 Å². The number of amides is 1. The molecule has 1 saturated heterocycles. The third-order valence-corrected chi connectivity index (χ3v) is 7.30. The van der Waals surface area contributed by atoms with Gasteiger partial charge in [-0.2, -0.15) is 0 Å². The first-order valence-corrected chi connectivity index (χ1v) is 12.6. The number of esters is 1. The van der Waals surface area contributed by atoms with E-state index in [1.807, 2.05) is 17.0 Å². The van der Waals surface area contributed by atoms with Gasteiger partial charge in [-0.25, -0.2) is 4.79 Å². The molecule has 1 aromatic heterocycles. The molecule has 1 amide bonds. The van der Waals surface area contributed by atoms with Crippen molar-refractivity contribution in [1.29, 1.82) is 0 Å². The molecule has 1 atom stereocenters. The van der Waals surface area contributed by atoms with Gasteiger partial charge in [-0.05, 0) is 74.8 Å². The number of benzene rings is 1. The third kappa shape index (κ3) is 6.91. The van der Waals surface area contributed by atoms with E-state index in [9.17, 15) is 9.59 Å². The molecule has 0 aliphatic carbocycles. The van der Waals surface area contributed by atoms with E-state index in [0.29, 0.717) is 17.9 Å². The molecule has 5 nitrogen and oxygen atoms in total. The highest BCUT2D eigenvalue weighted by atomic mass is 32.1. The lowest BCUT2D eigenvalue weighted by atomic mass is 10.0. The van der Waals surface area contributed by atoms with Crippen LogP contribution in [0.1, 0.15) is 77.9 Å². The van der Waals surface area contributed by atoms with E-state index < -0.39 is 0 Å². The number of thiophene rings is 1. The second-order valence-electron chi connectivity index (χ2n) is 8.51. The van der Waals surface area contributed by atoms with Crippen LogP contribution in [0.25, 0.3) is 0 Å². The Labute approximate surface area is 195 Å².